The quantitative estimate of drug-likeness (QED) is 0.584. The molecule has 0 amide bonds. The van der Waals surface area contributed by atoms with Crippen molar-refractivity contribution in [1.82, 2.24) is 0 Å². The van der Waals surface area contributed by atoms with Gasteiger partial charge in [-0.1, -0.05) is 90.5 Å². The third-order valence-corrected chi connectivity index (χ3v) is 3.68. The molecule has 0 heterocycles. The summed E-state index contributed by atoms with van der Waals surface area (Å²) in [5.74, 6) is 0. The molecule has 3 rings (SSSR count). The van der Waals surface area contributed by atoms with Gasteiger partial charge < -0.3 is 0 Å². The highest BCUT2D eigenvalue weighted by atomic mass is 14.8. The maximum atomic E-state index is 4.84. The second-order valence-electron chi connectivity index (χ2n) is 5.41. The SMILES string of the molecule is Cc1ccc(C=NC(c2ccccc2)c2ccccc2)cc1. The van der Waals surface area contributed by atoms with Crippen molar-refractivity contribution >= 4 is 6.21 Å². The number of hydrogen-bond donors (Lipinski definition) is 0. The Hall–Kier alpha value is -2.67. The first-order valence-electron chi connectivity index (χ1n) is 7.53. The molecule has 108 valence electrons. The average molecular weight is 285 g/mol. The molecule has 0 fully saturated rings. The molecule has 0 bridgehead atoms. The number of hydrogen-bond acceptors (Lipinski definition) is 1. The molecule has 0 aliphatic carbocycles. The molecule has 0 radical (unpaired) electrons. The van der Waals surface area contributed by atoms with E-state index in [9.17, 15) is 0 Å². The topological polar surface area (TPSA) is 12.4 Å². The molecule has 3 aromatic carbocycles. The van der Waals surface area contributed by atoms with Gasteiger partial charge in [-0.15, -0.1) is 0 Å². The van der Waals surface area contributed by atoms with Gasteiger partial charge in [0.2, 0.25) is 0 Å². The molecule has 1 heteroatoms. The largest absolute Gasteiger partial charge is 0.280 e. The van der Waals surface area contributed by atoms with E-state index in [1.807, 2.05) is 18.3 Å². The van der Waals surface area contributed by atoms with Crippen LogP contribution in [0.4, 0.5) is 0 Å². The fourth-order valence-electron chi connectivity index (χ4n) is 2.45. The molecule has 3 aromatic rings. The van der Waals surface area contributed by atoms with Gasteiger partial charge in [-0.2, -0.15) is 0 Å². The summed E-state index contributed by atoms with van der Waals surface area (Å²) < 4.78 is 0. The molecule has 0 aromatic heterocycles. The van der Waals surface area contributed by atoms with E-state index in [1.54, 1.807) is 0 Å². The Labute approximate surface area is 132 Å². The Morgan fingerprint density at radius 2 is 1.18 bits per heavy atom. The van der Waals surface area contributed by atoms with Gasteiger partial charge in [0.15, 0.2) is 0 Å². The zero-order chi connectivity index (χ0) is 15.2. The summed E-state index contributed by atoms with van der Waals surface area (Å²) in [6, 6.07) is 29.3. The van der Waals surface area contributed by atoms with Gasteiger partial charge in [-0.05, 0) is 23.6 Å². The normalized spacial score (nSPS) is 11.2. The number of nitrogens with zero attached hydrogens (tertiary/aromatic N) is 1. The highest BCUT2D eigenvalue weighted by molar-refractivity contribution is 5.80. The molecule has 0 aliphatic heterocycles. The van der Waals surface area contributed by atoms with E-state index in [-0.39, 0.29) is 6.04 Å². The maximum absolute atomic E-state index is 4.84. The van der Waals surface area contributed by atoms with Crippen LogP contribution in [0.3, 0.4) is 0 Å². The van der Waals surface area contributed by atoms with Crippen LogP contribution in [-0.2, 0) is 0 Å². The van der Waals surface area contributed by atoms with Crippen molar-refractivity contribution in [1.29, 1.82) is 0 Å². The molecule has 0 N–H and O–H groups in total. The smallest absolute Gasteiger partial charge is 0.0999 e. The lowest BCUT2D eigenvalue weighted by atomic mass is 9.99. The second kappa shape index (κ2) is 6.86. The number of rotatable bonds is 4. The van der Waals surface area contributed by atoms with Gasteiger partial charge >= 0.3 is 0 Å². The van der Waals surface area contributed by atoms with E-state index in [4.69, 9.17) is 4.99 Å². The van der Waals surface area contributed by atoms with E-state index < -0.39 is 0 Å². The molecule has 1 nitrogen and oxygen atoms in total. The van der Waals surface area contributed by atoms with Crippen molar-refractivity contribution in [3.05, 3.63) is 107 Å². The maximum Gasteiger partial charge on any atom is 0.0999 e. The first-order valence-corrected chi connectivity index (χ1v) is 7.53. The van der Waals surface area contributed by atoms with Crippen LogP contribution >= 0.6 is 0 Å². The Kier molecular flexibility index (Phi) is 4.45. The van der Waals surface area contributed by atoms with Crippen LogP contribution in [0.25, 0.3) is 0 Å². The van der Waals surface area contributed by atoms with Gasteiger partial charge in [0.1, 0.15) is 0 Å². The van der Waals surface area contributed by atoms with Crippen LogP contribution in [0, 0.1) is 6.92 Å². The van der Waals surface area contributed by atoms with Crippen molar-refractivity contribution in [2.75, 3.05) is 0 Å². The lowest BCUT2D eigenvalue weighted by Gasteiger charge is -2.13. The van der Waals surface area contributed by atoms with Gasteiger partial charge in [-0.3, -0.25) is 4.99 Å². The second-order valence-corrected chi connectivity index (χ2v) is 5.41. The standard InChI is InChI=1S/C21H19N/c1-17-12-14-18(15-13-17)16-22-21(19-8-4-2-5-9-19)20-10-6-3-7-11-20/h2-16,21H,1H3. The number of aryl methyl sites for hydroxylation is 1. The minimum atomic E-state index is 0.0312. The van der Waals surface area contributed by atoms with E-state index in [2.05, 4.69) is 79.7 Å². The lowest BCUT2D eigenvalue weighted by Crippen LogP contribution is -1.98. The van der Waals surface area contributed by atoms with Crippen molar-refractivity contribution < 1.29 is 0 Å². The average Bonchev–Trinajstić information content (AvgIpc) is 2.59. The summed E-state index contributed by atoms with van der Waals surface area (Å²) in [7, 11) is 0. The van der Waals surface area contributed by atoms with Crippen LogP contribution in [0.15, 0.2) is 89.9 Å². The van der Waals surface area contributed by atoms with Crippen molar-refractivity contribution in [3.8, 4) is 0 Å². The molecule has 0 atom stereocenters. The Balaban J connectivity index is 1.94. The van der Waals surface area contributed by atoms with Gasteiger partial charge in [-0.25, -0.2) is 0 Å². The van der Waals surface area contributed by atoms with Crippen molar-refractivity contribution in [3.63, 3.8) is 0 Å². The van der Waals surface area contributed by atoms with Crippen LogP contribution in [0.2, 0.25) is 0 Å². The molecular formula is C21H19N. The third-order valence-electron chi connectivity index (χ3n) is 3.68. The van der Waals surface area contributed by atoms with Gasteiger partial charge in [0, 0.05) is 6.21 Å². The predicted molar refractivity (Wildman–Crippen MR) is 93.5 cm³/mol. The summed E-state index contributed by atoms with van der Waals surface area (Å²) >= 11 is 0. The third kappa shape index (κ3) is 3.50. The zero-order valence-electron chi connectivity index (χ0n) is 12.7. The molecule has 22 heavy (non-hydrogen) atoms. The van der Waals surface area contributed by atoms with E-state index in [0.717, 1.165) is 5.56 Å². The van der Waals surface area contributed by atoms with Crippen LogP contribution in [-0.4, -0.2) is 6.21 Å². The Morgan fingerprint density at radius 1 is 0.682 bits per heavy atom. The summed E-state index contributed by atoms with van der Waals surface area (Å²) in [5.41, 5.74) is 4.80. The van der Waals surface area contributed by atoms with E-state index in [1.165, 1.54) is 16.7 Å². The predicted octanol–water partition coefficient (Wildman–Crippen LogP) is 5.20. The van der Waals surface area contributed by atoms with Crippen LogP contribution in [0.5, 0.6) is 0 Å². The first kappa shape index (κ1) is 14.3. The van der Waals surface area contributed by atoms with E-state index in [0.29, 0.717) is 0 Å². The number of aliphatic imine (C=N–C) groups is 1. The molecular weight excluding hydrogens is 266 g/mol. The molecule has 0 aliphatic rings. The fourth-order valence-corrected chi connectivity index (χ4v) is 2.45. The zero-order valence-corrected chi connectivity index (χ0v) is 12.7. The molecule has 0 saturated heterocycles. The first-order chi connectivity index (χ1) is 10.8. The van der Waals surface area contributed by atoms with Crippen molar-refractivity contribution in [2.45, 2.75) is 13.0 Å². The fraction of sp³-hybridized carbons (Fsp3) is 0.0952. The summed E-state index contributed by atoms with van der Waals surface area (Å²) in [6.45, 7) is 2.09. The highest BCUT2D eigenvalue weighted by Crippen LogP contribution is 2.25. The molecule has 0 saturated carbocycles. The minimum absolute atomic E-state index is 0.0312. The molecule has 0 spiro atoms. The van der Waals surface area contributed by atoms with Gasteiger partial charge in [0.25, 0.3) is 0 Å². The van der Waals surface area contributed by atoms with Crippen LogP contribution < -0.4 is 0 Å². The lowest BCUT2D eigenvalue weighted by molar-refractivity contribution is 0.878. The minimum Gasteiger partial charge on any atom is -0.280 e. The summed E-state index contributed by atoms with van der Waals surface area (Å²) in [5, 5.41) is 0. The number of benzene rings is 3. The monoisotopic (exact) mass is 285 g/mol. The Morgan fingerprint density at radius 3 is 1.68 bits per heavy atom. The molecule has 0 unspecified atom stereocenters. The summed E-state index contributed by atoms with van der Waals surface area (Å²) in [6.07, 6.45) is 1.96. The highest BCUT2D eigenvalue weighted by Gasteiger charge is 2.11. The van der Waals surface area contributed by atoms with Gasteiger partial charge in [0.05, 0.1) is 6.04 Å². The summed E-state index contributed by atoms with van der Waals surface area (Å²) in [4.78, 5) is 4.84. The Bertz CT molecular complexity index is 688. The van der Waals surface area contributed by atoms with E-state index >= 15 is 0 Å². The van der Waals surface area contributed by atoms with Crippen LogP contribution in [0.1, 0.15) is 28.3 Å². The van der Waals surface area contributed by atoms with Crippen molar-refractivity contribution in [2.24, 2.45) is 4.99 Å².